The summed E-state index contributed by atoms with van der Waals surface area (Å²) in [5.41, 5.74) is 3.37. The van der Waals surface area contributed by atoms with Crippen molar-refractivity contribution in [1.82, 2.24) is 0 Å². The van der Waals surface area contributed by atoms with Crippen molar-refractivity contribution < 1.29 is 31.2 Å². The number of benzene rings is 1. The molecule has 0 radical (unpaired) electrons. The SMILES string of the molecule is CCOP(=O)(OCC)[C@H](N)c1c(F)cccc1C(F)(F)F. The van der Waals surface area contributed by atoms with Crippen LogP contribution >= 0.6 is 7.60 Å². The van der Waals surface area contributed by atoms with E-state index in [4.69, 9.17) is 14.8 Å². The molecule has 0 aliphatic rings. The Balaban J connectivity index is 3.41. The van der Waals surface area contributed by atoms with Gasteiger partial charge in [0.25, 0.3) is 0 Å². The standard InChI is InChI=1S/C12H16F4NO3P/c1-3-19-21(18,20-4-2)11(17)10-8(12(14,15)16)6-5-7-9(10)13/h5-7,11H,3-4,17H2,1-2H3/t11-/m0/s1. The average molecular weight is 329 g/mol. The molecule has 0 amide bonds. The molecule has 1 rings (SSSR count). The molecule has 0 unspecified atom stereocenters. The Hall–Kier alpha value is -0.950. The fourth-order valence-electron chi connectivity index (χ4n) is 1.80. The Bertz CT molecular complexity index is 526. The first-order valence-corrected chi connectivity index (χ1v) is 7.78. The third kappa shape index (κ3) is 4.03. The normalized spacial score (nSPS) is 14.2. The first-order chi connectivity index (χ1) is 9.67. The van der Waals surface area contributed by atoms with Crippen LogP contribution in [0.1, 0.15) is 30.8 Å². The minimum Gasteiger partial charge on any atom is -0.314 e. The van der Waals surface area contributed by atoms with E-state index in [-0.39, 0.29) is 13.2 Å². The maximum absolute atomic E-state index is 13.8. The van der Waals surface area contributed by atoms with E-state index in [0.717, 1.165) is 12.1 Å². The summed E-state index contributed by atoms with van der Waals surface area (Å²) in [6, 6.07) is 2.38. The highest BCUT2D eigenvalue weighted by atomic mass is 31.2. The van der Waals surface area contributed by atoms with Gasteiger partial charge in [0.15, 0.2) is 0 Å². The van der Waals surface area contributed by atoms with Crippen LogP contribution < -0.4 is 5.73 Å². The van der Waals surface area contributed by atoms with Crippen LogP contribution in [0.5, 0.6) is 0 Å². The summed E-state index contributed by atoms with van der Waals surface area (Å²) >= 11 is 0. The second-order valence-corrected chi connectivity index (χ2v) is 6.17. The van der Waals surface area contributed by atoms with Gasteiger partial charge in [-0.05, 0) is 26.0 Å². The molecule has 0 spiro atoms. The van der Waals surface area contributed by atoms with Gasteiger partial charge in [-0.15, -0.1) is 0 Å². The number of hydrogen-bond acceptors (Lipinski definition) is 4. The summed E-state index contributed by atoms with van der Waals surface area (Å²) in [5.74, 6) is -3.08. The summed E-state index contributed by atoms with van der Waals surface area (Å²) in [6.45, 7) is 2.76. The molecule has 0 saturated heterocycles. The van der Waals surface area contributed by atoms with Gasteiger partial charge in [0.2, 0.25) is 0 Å². The molecule has 0 heterocycles. The van der Waals surface area contributed by atoms with Gasteiger partial charge in [-0.2, -0.15) is 13.2 Å². The highest BCUT2D eigenvalue weighted by Crippen LogP contribution is 2.59. The molecule has 120 valence electrons. The third-order valence-corrected chi connectivity index (χ3v) is 4.79. The van der Waals surface area contributed by atoms with Crippen LogP contribution in [0.25, 0.3) is 0 Å². The zero-order chi connectivity index (χ0) is 16.3. The molecule has 0 saturated carbocycles. The van der Waals surface area contributed by atoms with Crippen LogP contribution in [0.2, 0.25) is 0 Å². The lowest BCUT2D eigenvalue weighted by atomic mass is 10.1. The van der Waals surface area contributed by atoms with Crippen molar-refractivity contribution in [2.75, 3.05) is 13.2 Å². The summed E-state index contributed by atoms with van der Waals surface area (Å²) in [7, 11) is -4.12. The Morgan fingerprint density at radius 2 is 1.76 bits per heavy atom. The summed E-state index contributed by atoms with van der Waals surface area (Å²) < 4.78 is 74.9. The average Bonchev–Trinajstić information content (AvgIpc) is 2.37. The Morgan fingerprint density at radius 3 is 2.19 bits per heavy atom. The molecule has 0 aromatic heterocycles. The zero-order valence-corrected chi connectivity index (χ0v) is 12.4. The smallest absolute Gasteiger partial charge is 0.314 e. The van der Waals surface area contributed by atoms with E-state index in [0.29, 0.717) is 6.07 Å². The zero-order valence-electron chi connectivity index (χ0n) is 11.5. The van der Waals surface area contributed by atoms with Gasteiger partial charge in [-0.3, -0.25) is 4.57 Å². The van der Waals surface area contributed by atoms with Gasteiger partial charge in [0, 0.05) is 5.56 Å². The molecular formula is C12H16F4NO3P. The lowest BCUT2D eigenvalue weighted by molar-refractivity contribution is -0.138. The fraction of sp³-hybridized carbons (Fsp3) is 0.500. The summed E-state index contributed by atoms with van der Waals surface area (Å²) in [6.07, 6.45) is -4.84. The molecule has 0 fully saturated rings. The van der Waals surface area contributed by atoms with Gasteiger partial charge in [-0.25, -0.2) is 4.39 Å². The van der Waals surface area contributed by atoms with Crippen molar-refractivity contribution in [2.45, 2.75) is 25.8 Å². The largest absolute Gasteiger partial charge is 0.416 e. The third-order valence-electron chi connectivity index (χ3n) is 2.61. The van der Waals surface area contributed by atoms with Gasteiger partial charge in [-0.1, -0.05) is 6.07 Å². The highest BCUT2D eigenvalue weighted by molar-refractivity contribution is 7.54. The minimum absolute atomic E-state index is 0.0964. The maximum Gasteiger partial charge on any atom is 0.416 e. The molecule has 2 N–H and O–H groups in total. The van der Waals surface area contributed by atoms with E-state index in [9.17, 15) is 22.1 Å². The van der Waals surface area contributed by atoms with E-state index in [1.807, 2.05) is 0 Å². The quantitative estimate of drug-likeness (QED) is 0.631. The Kier molecular flexibility index (Phi) is 5.92. The molecule has 0 aliphatic heterocycles. The fourth-order valence-corrected chi connectivity index (χ4v) is 3.49. The van der Waals surface area contributed by atoms with Gasteiger partial charge in [0.05, 0.1) is 18.8 Å². The van der Waals surface area contributed by atoms with Crippen molar-refractivity contribution in [1.29, 1.82) is 0 Å². The van der Waals surface area contributed by atoms with Crippen molar-refractivity contribution in [3.8, 4) is 0 Å². The van der Waals surface area contributed by atoms with Crippen LogP contribution in [0.4, 0.5) is 17.6 Å². The first kappa shape index (κ1) is 18.1. The molecule has 1 atom stereocenters. The molecule has 0 aliphatic carbocycles. The molecule has 1 aromatic carbocycles. The van der Waals surface area contributed by atoms with Gasteiger partial charge >= 0.3 is 13.8 Å². The molecule has 9 heteroatoms. The van der Waals surface area contributed by atoms with Crippen LogP contribution in [-0.2, 0) is 19.8 Å². The molecule has 0 bridgehead atoms. The van der Waals surface area contributed by atoms with Crippen LogP contribution in [-0.4, -0.2) is 13.2 Å². The highest BCUT2D eigenvalue weighted by Gasteiger charge is 2.43. The van der Waals surface area contributed by atoms with Gasteiger partial charge in [0.1, 0.15) is 11.6 Å². The molecular weight excluding hydrogens is 313 g/mol. The van der Waals surface area contributed by atoms with E-state index in [1.54, 1.807) is 0 Å². The predicted molar refractivity (Wildman–Crippen MR) is 69.2 cm³/mol. The van der Waals surface area contributed by atoms with Crippen molar-refractivity contribution in [3.05, 3.63) is 35.1 Å². The Morgan fingerprint density at radius 1 is 1.24 bits per heavy atom. The van der Waals surface area contributed by atoms with E-state index in [1.165, 1.54) is 13.8 Å². The number of rotatable bonds is 6. The lowest BCUT2D eigenvalue weighted by Crippen LogP contribution is -2.21. The molecule has 21 heavy (non-hydrogen) atoms. The topological polar surface area (TPSA) is 61.5 Å². The van der Waals surface area contributed by atoms with E-state index in [2.05, 4.69) is 0 Å². The number of hydrogen-bond donors (Lipinski definition) is 1. The predicted octanol–water partition coefficient (Wildman–Crippen LogP) is 4.07. The monoisotopic (exact) mass is 329 g/mol. The van der Waals surface area contributed by atoms with Crippen LogP contribution in [0, 0.1) is 5.82 Å². The number of alkyl halides is 3. The van der Waals surface area contributed by atoms with Crippen molar-refractivity contribution in [3.63, 3.8) is 0 Å². The van der Waals surface area contributed by atoms with E-state index < -0.39 is 36.5 Å². The van der Waals surface area contributed by atoms with Crippen LogP contribution in [0.3, 0.4) is 0 Å². The van der Waals surface area contributed by atoms with E-state index >= 15 is 0 Å². The van der Waals surface area contributed by atoms with Crippen molar-refractivity contribution in [2.24, 2.45) is 5.73 Å². The minimum atomic E-state index is -4.84. The lowest BCUT2D eigenvalue weighted by Gasteiger charge is -2.25. The Labute approximate surface area is 119 Å². The molecule has 1 aromatic rings. The van der Waals surface area contributed by atoms with Crippen LogP contribution in [0.15, 0.2) is 18.2 Å². The maximum atomic E-state index is 13.8. The second kappa shape index (κ2) is 6.87. The summed E-state index contributed by atoms with van der Waals surface area (Å²) in [5, 5.41) is 0. The number of halogens is 4. The number of nitrogens with two attached hydrogens (primary N) is 1. The second-order valence-electron chi connectivity index (χ2n) is 4.02. The summed E-state index contributed by atoms with van der Waals surface area (Å²) in [4.78, 5) is 0. The molecule has 4 nitrogen and oxygen atoms in total. The first-order valence-electron chi connectivity index (χ1n) is 6.17. The van der Waals surface area contributed by atoms with Gasteiger partial charge < -0.3 is 14.8 Å². The van der Waals surface area contributed by atoms with Crippen molar-refractivity contribution >= 4 is 7.60 Å².